The van der Waals surface area contributed by atoms with E-state index < -0.39 is 10.0 Å². The van der Waals surface area contributed by atoms with E-state index in [1.807, 2.05) is 0 Å². The van der Waals surface area contributed by atoms with Crippen LogP contribution in [0.25, 0.3) is 0 Å². The molecule has 100 valence electrons. The van der Waals surface area contributed by atoms with Crippen molar-refractivity contribution in [1.82, 2.24) is 4.98 Å². The smallest absolute Gasteiger partial charge is 0.263 e. The summed E-state index contributed by atoms with van der Waals surface area (Å²) in [6, 6.07) is 9.13. The molecule has 2 rings (SSSR count). The molecule has 7 heteroatoms. The summed E-state index contributed by atoms with van der Waals surface area (Å²) in [5, 5.41) is 0. The second-order valence-corrected chi connectivity index (χ2v) is 5.44. The quantitative estimate of drug-likeness (QED) is 0.883. The van der Waals surface area contributed by atoms with E-state index in [-0.39, 0.29) is 10.7 Å². The molecule has 1 aromatic carbocycles. The highest BCUT2D eigenvalue weighted by atomic mass is 32.2. The first kappa shape index (κ1) is 13.2. The molecule has 0 fully saturated rings. The van der Waals surface area contributed by atoms with Gasteiger partial charge in [0.25, 0.3) is 10.0 Å². The molecule has 0 amide bonds. The number of nitrogens with zero attached hydrogens (tertiary/aromatic N) is 1. The molecule has 3 N–H and O–H groups in total. The number of nitrogen functional groups attached to an aromatic ring is 1. The van der Waals surface area contributed by atoms with Gasteiger partial charge >= 0.3 is 0 Å². The number of benzene rings is 1. The molecular formula is C12H13N3O3S. The maximum atomic E-state index is 12.1. The molecule has 0 aliphatic heterocycles. The predicted octanol–water partition coefficient (Wildman–Crippen LogP) is 1.47. The second-order valence-electron chi connectivity index (χ2n) is 3.76. The van der Waals surface area contributed by atoms with Gasteiger partial charge in [-0.3, -0.25) is 4.72 Å². The normalized spacial score (nSPS) is 11.0. The molecule has 0 saturated heterocycles. The fraction of sp³-hybridized carbons (Fsp3) is 0.0833. The van der Waals surface area contributed by atoms with Crippen molar-refractivity contribution in [2.45, 2.75) is 4.90 Å². The fourth-order valence-electron chi connectivity index (χ4n) is 1.42. The lowest BCUT2D eigenvalue weighted by Crippen LogP contribution is -2.13. The highest BCUT2D eigenvalue weighted by Crippen LogP contribution is 2.18. The molecule has 1 aromatic heterocycles. The molecule has 19 heavy (non-hydrogen) atoms. The fourth-order valence-corrected chi connectivity index (χ4v) is 2.43. The van der Waals surface area contributed by atoms with Gasteiger partial charge in [0.05, 0.1) is 23.9 Å². The van der Waals surface area contributed by atoms with Gasteiger partial charge in [0.2, 0.25) is 0 Å². The highest BCUT2D eigenvalue weighted by Gasteiger charge is 2.14. The maximum Gasteiger partial charge on any atom is 0.263 e. The Balaban J connectivity index is 2.24. The van der Waals surface area contributed by atoms with Crippen LogP contribution in [0.4, 0.5) is 11.5 Å². The van der Waals surface area contributed by atoms with E-state index in [4.69, 9.17) is 10.5 Å². The minimum Gasteiger partial charge on any atom is -0.497 e. The van der Waals surface area contributed by atoms with Gasteiger partial charge in [-0.05, 0) is 36.4 Å². The minimum atomic E-state index is -3.66. The van der Waals surface area contributed by atoms with Crippen molar-refractivity contribution in [3.05, 3.63) is 42.6 Å². The largest absolute Gasteiger partial charge is 0.497 e. The number of rotatable bonds is 4. The van der Waals surface area contributed by atoms with Crippen molar-refractivity contribution in [3.8, 4) is 5.75 Å². The summed E-state index contributed by atoms with van der Waals surface area (Å²) in [5.41, 5.74) is 5.95. The van der Waals surface area contributed by atoms with Crippen molar-refractivity contribution in [2.75, 3.05) is 17.6 Å². The molecule has 0 spiro atoms. The van der Waals surface area contributed by atoms with Gasteiger partial charge in [0.15, 0.2) is 0 Å². The number of nitrogens with one attached hydrogen (secondary N) is 1. The molecular weight excluding hydrogens is 266 g/mol. The van der Waals surface area contributed by atoms with E-state index in [9.17, 15) is 8.42 Å². The molecule has 0 unspecified atom stereocenters. The van der Waals surface area contributed by atoms with Crippen LogP contribution in [-0.4, -0.2) is 20.5 Å². The third-order valence-electron chi connectivity index (χ3n) is 2.40. The summed E-state index contributed by atoms with van der Waals surface area (Å²) in [7, 11) is -2.15. The number of hydrogen-bond acceptors (Lipinski definition) is 5. The van der Waals surface area contributed by atoms with Gasteiger partial charge < -0.3 is 10.5 Å². The Morgan fingerprint density at radius 3 is 2.37 bits per heavy atom. The molecule has 0 aliphatic carbocycles. The summed E-state index contributed by atoms with van der Waals surface area (Å²) in [4.78, 5) is 4.01. The van der Waals surface area contributed by atoms with Crippen LogP contribution in [0.15, 0.2) is 47.5 Å². The SMILES string of the molecule is COc1ccc(S(=O)(=O)Nc2ccc(N)cn2)cc1. The van der Waals surface area contributed by atoms with E-state index in [2.05, 4.69) is 9.71 Å². The van der Waals surface area contributed by atoms with E-state index in [0.29, 0.717) is 11.4 Å². The standard InChI is InChI=1S/C12H13N3O3S/c1-18-10-3-5-11(6-4-10)19(16,17)15-12-7-2-9(13)8-14-12/h2-8H,13H2,1H3,(H,14,15). The van der Waals surface area contributed by atoms with Crippen molar-refractivity contribution in [2.24, 2.45) is 0 Å². The van der Waals surface area contributed by atoms with Crippen molar-refractivity contribution in [3.63, 3.8) is 0 Å². The lowest BCUT2D eigenvalue weighted by atomic mass is 10.3. The molecule has 6 nitrogen and oxygen atoms in total. The first-order valence-electron chi connectivity index (χ1n) is 5.40. The summed E-state index contributed by atoms with van der Waals surface area (Å²) < 4.78 is 31.5. The second kappa shape index (κ2) is 5.15. The van der Waals surface area contributed by atoms with E-state index >= 15 is 0 Å². The van der Waals surface area contributed by atoms with Gasteiger partial charge in [-0.2, -0.15) is 0 Å². The highest BCUT2D eigenvalue weighted by molar-refractivity contribution is 7.92. The Hall–Kier alpha value is -2.28. The van der Waals surface area contributed by atoms with Crippen LogP contribution in [0.5, 0.6) is 5.75 Å². The minimum absolute atomic E-state index is 0.131. The summed E-state index contributed by atoms with van der Waals surface area (Å²) >= 11 is 0. The Labute approximate surface area is 111 Å². The number of sulfonamides is 1. The average Bonchev–Trinajstić information content (AvgIpc) is 2.41. The summed E-state index contributed by atoms with van der Waals surface area (Å²) in [6.07, 6.45) is 1.38. The van der Waals surface area contributed by atoms with Gasteiger partial charge in [0.1, 0.15) is 11.6 Å². The lowest BCUT2D eigenvalue weighted by Gasteiger charge is -2.08. The molecule has 0 saturated carbocycles. The molecule has 0 aliphatic rings. The number of pyridine rings is 1. The van der Waals surface area contributed by atoms with Gasteiger partial charge in [-0.1, -0.05) is 0 Å². The Bertz CT molecular complexity index is 652. The van der Waals surface area contributed by atoms with Crippen LogP contribution >= 0.6 is 0 Å². The van der Waals surface area contributed by atoms with Crippen LogP contribution < -0.4 is 15.2 Å². The molecule has 2 aromatic rings. The van der Waals surface area contributed by atoms with Crippen molar-refractivity contribution in [1.29, 1.82) is 0 Å². The number of ether oxygens (including phenoxy) is 1. The molecule has 0 radical (unpaired) electrons. The van der Waals surface area contributed by atoms with E-state index in [1.165, 1.54) is 31.5 Å². The molecule has 0 bridgehead atoms. The van der Waals surface area contributed by atoms with Crippen LogP contribution in [0.2, 0.25) is 0 Å². The number of hydrogen-bond donors (Lipinski definition) is 2. The van der Waals surface area contributed by atoms with Gasteiger partial charge in [0, 0.05) is 0 Å². The average molecular weight is 279 g/mol. The van der Waals surface area contributed by atoms with Crippen LogP contribution in [-0.2, 0) is 10.0 Å². The van der Waals surface area contributed by atoms with Crippen molar-refractivity contribution < 1.29 is 13.2 Å². The zero-order valence-electron chi connectivity index (χ0n) is 10.2. The number of aromatic nitrogens is 1. The first-order chi connectivity index (χ1) is 9.01. The Morgan fingerprint density at radius 2 is 1.84 bits per heavy atom. The van der Waals surface area contributed by atoms with E-state index in [0.717, 1.165) is 0 Å². The summed E-state index contributed by atoms with van der Waals surface area (Å²) in [5.74, 6) is 0.801. The Kier molecular flexibility index (Phi) is 3.57. The molecule has 0 atom stereocenters. The zero-order valence-corrected chi connectivity index (χ0v) is 11.0. The zero-order chi connectivity index (χ0) is 13.9. The topological polar surface area (TPSA) is 94.3 Å². The number of anilines is 2. The predicted molar refractivity (Wildman–Crippen MR) is 72.5 cm³/mol. The van der Waals surface area contributed by atoms with Crippen LogP contribution in [0.3, 0.4) is 0 Å². The Morgan fingerprint density at radius 1 is 1.16 bits per heavy atom. The number of nitrogens with two attached hydrogens (primary N) is 1. The third kappa shape index (κ3) is 3.14. The van der Waals surface area contributed by atoms with Gasteiger partial charge in [-0.25, -0.2) is 13.4 Å². The maximum absolute atomic E-state index is 12.1. The summed E-state index contributed by atoms with van der Waals surface area (Å²) in [6.45, 7) is 0. The van der Waals surface area contributed by atoms with Crippen molar-refractivity contribution >= 4 is 21.5 Å². The number of methoxy groups -OCH3 is 1. The first-order valence-corrected chi connectivity index (χ1v) is 6.88. The molecule has 1 heterocycles. The van der Waals surface area contributed by atoms with Crippen LogP contribution in [0, 0.1) is 0 Å². The third-order valence-corrected chi connectivity index (χ3v) is 3.77. The monoisotopic (exact) mass is 279 g/mol. The van der Waals surface area contributed by atoms with Crippen LogP contribution in [0.1, 0.15) is 0 Å². The lowest BCUT2D eigenvalue weighted by molar-refractivity contribution is 0.414. The van der Waals surface area contributed by atoms with Gasteiger partial charge in [-0.15, -0.1) is 0 Å². The van der Waals surface area contributed by atoms with E-state index in [1.54, 1.807) is 18.2 Å².